The molecular formula is C13H22O3. The van der Waals surface area contributed by atoms with Gasteiger partial charge < -0.3 is 4.74 Å². The van der Waals surface area contributed by atoms with Crippen molar-refractivity contribution in [3.63, 3.8) is 0 Å². The highest BCUT2D eigenvalue weighted by molar-refractivity contribution is 5.94. The van der Waals surface area contributed by atoms with Crippen molar-refractivity contribution in [3.05, 3.63) is 12.2 Å². The van der Waals surface area contributed by atoms with Gasteiger partial charge in [-0.3, -0.25) is 4.79 Å². The van der Waals surface area contributed by atoms with Gasteiger partial charge in [0.15, 0.2) is 5.78 Å². The van der Waals surface area contributed by atoms with Crippen LogP contribution in [0.4, 0.5) is 0 Å². The molecule has 0 saturated carbocycles. The van der Waals surface area contributed by atoms with E-state index in [1.807, 2.05) is 0 Å². The number of ether oxygens (including phenoxy) is 1. The number of hydrogen-bond acceptors (Lipinski definition) is 3. The lowest BCUT2D eigenvalue weighted by atomic mass is 10.1. The summed E-state index contributed by atoms with van der Waals surface area (Å²) in [5, 5.41) is 0. The van der Waals surface area contributed by atoms with Gasteiger partial charge in [0, 0.05) is 6.08 Å². The van der Waals surface area contributed by atoms with Crippen LogP contribution in [0.1, 0.15) is 52.4 Å². The van der Waals surface area contributed by atoms with Crippen molar-refractivity contribution in [3.8, 4) is 0 Å². The number of hydrogen-bond donors (Lipinski definition) is 0. The molecule has 0 aliphatic rings. The zero-order valence-electron chi connectivity index (χ0n) is 10.3. The average Bonchev–Trinajstić information content (AvgIpc) is 2.25. The minimum absolute atomic E-state index is 0.142. The quantitative estimate of drug-likeness (QED) is 0.345. The zero-order valence-corrected chi connectivity index (χ0v) is 10.3. The normalized spacial score (nSPS) is 10.6. The second-order valence-electron chi connectivity index (χ2n) is 3.88. The first-order valence-electron chi connectivity index (χ1n) is 6.02. The van der Waals surface area contributed by atoms with Crippen molar-refractivity contribution in [1.29, 1.82) is 0 Å². The molecule has 0 aliphatic carbocycles. The van der Waals surface area contributed by atoms with Crippen LogP contribution in [-0.2, 0) is 14.3 Å². The van der Waals surface area contributed by atoms with Crippen LogP contribution in [0.2, 0.25) is 0 Å². The van der Waals surface area contributed by atoms with Crippen molar-refractivity contribution in [2.45, 2.75) is 52.4 Å². The maximum Gasteiger partial charge on any atom is 0.330 e. The summed E-state index contributed by atoms with van der Waals surface area (Å²) in [6.45, 7) is 4.04. The highest BCUT2D eigenvalue weighted by Crippen LogP contribution is 2.04. The SMILES string of the molecule is CCCCCCCCOC(=O)/C=C\C(C)=O. The third-order valence-corrected chi connectivity index (χ3v) is 2.20. The Morgan fingerprint density at radius 3 is 2.25 bits per heavy atom. The number of carbonyl (C=O) groups is 2. The predicted octanol–water partition coefficient (Wildman–Crippen LogP) is 3.04. The molecular weight excluding hydrogens is 204 g/mol. The van der Waals surface area contributed by atoms with Crippen LogP contribution < -0.4 is 0 Å². The maximum atomic E-state index is 11.0. The molecule has 92 valence electrons. The van der Waals surface area contributed by atoms with E-state index in [0.717, 1.165) is 12.8 Å². The fraction of sp³-hybridized carbons (Fsp3) is 0.692. The van der Waals surface area contributed by atoms with E-state index in [0.29, 0.717) is 6.61 Å². The van der Waals surface area contributed by atoms with E-state index < -0.39 is 5.97 Å². The van der Waals surface area contributed by atoms with Crippen LogP contribution in [0.25, 0.3) is 0 Å². The highest BCUT2D eigenvalue weighted by atomic mass is 16.5. The van der Waals surface area contributed by atoms with E-state index >= 15 is 0 Å². The second-order valence-corrected chi connectivity index (χ2v) is 3.88. The molecule has 0 aromatic heterocycles. The molecule has 16 heavy (non-hydrogen) atoms. The van der Waals surface area contributed by atoms with Gasteiger partial charge in [-0.05, 0) is 19.4 Å². The number of allylic oxidation sites excluding steroid dienone is 1. The van der Waals surface area contributed by atoms with Crippen molar-refractivity contribution < 1.29 is 14.3 Å². The number of ketones is 1. The van der Waals surface area contributed by atoms with E-state index in [2.05, 4.69) is 6.92 Å². The number of rotatable bonds is 9. The van der Waals surface area contributed by atoms with E-state index in [1.165, 1.54) is 44.8 Å². The Morgan fingerprint density at radius 1 is 1.00 bits per heavy atom. The molecule has 0 heterocycles. The summed E-state index contributed by atoms with van der Waals surface area (Å²) in [6, 6.07) is 0. The monoisotopic (exact) mass is 226 g/mol. The molecule has 0 amide bonds. The summed E-state index contributed by atoms with van der Waals surface area (Å²) in [4.78, 5) is 21.6. The average molecular weight is 226 g/mol. The van der Waals surface area contributed by atoms with Gasteiger partial charge in [-0.15, -0.1) is 0 Å². The number of esters is 1. The lowest BCUT2D eigenvalue weighted by molar-refractivity contribution is -0.138. The van der Waals surface area contributed by atoms with Crippen molar-refractivity contribution >= 4 is 11.8 Å². The summed E-state index contributed by atoms with van der Waals surface area (Å²) in [5.74, 6) is -0.569. The van der Waals surface area contributed by atoms with Crippen molar-refractivity contribution in [1.82, 2.24) is 0 Å². The van der Waals surface area contributed by atoms with E-state index in [9.17, 15) is 9.59 Å². The summed E-state index contributed by atoms with van der Waals surface area (Å²) in [5.41, 5.74) is 0. The molecule has 0 fully saturated rings. The molecule has 0 saturated heterocycles. The standard InChI is InChI=1S/C13H22O3/c1-3-4-5-6-7-8-11-16-13(15)10-9-12(2)14/h9-10H,3-8,11H2,1-2H3/b10-9-. The molecule has 0 spiro atoms. The molecule has 0 atom stereocenters. The summed E-state index contributed by atoms with van der Waals surface area (Å²) in [7, 11) is 0. The molecule has 3 nitrogen and oxygen atoms in total. The van der Waals surface area contributed by atoms with Gasteiger partial charge in [-0.1, -0.05) is 39.0 Å². The van der Waals surface area contributed by atoms with Crippen LogP contribution in [0.15, 0.2) is 12.2 Å². The lowest BCUT2D eigenvalue weighted by Gasteiger charge is -2.01. The van der Waals surface area contributed by atoms with Crippen LogP contribution in [0, 0.1) is 0 Å². The van der Waals surface area contributed by atoms with Crippen LogP contribution >= 0.6 is 0 Å². The van der Waals surface area contributed by atoms with Gasteiger partial charge in [0.25, 0.3) is 0 Å². The molecule has 0 N–H and O–H groups in total. The molecule has 0 aliphatic heterocycles. The smallest absolute Gasteiger partial charge is 0.330 e. The Bertz CT molecular complexity index is 231. The maximum absolute atomic E-state index is 11.0. The minimum atomic E-state index is -0.427. The van der Waals surface area contributed by atoms with Gasteiger partial charge >= 0.3 is 5.97 Å². The number of carbonyl (C=O) groups excluding carboxylic acids is 2. The van der Waals surface area contributed by atoms with E-state index in [4.69, 9.17) is 4.74 Å². The lowest BCUT2D eigenvalue weighted by Crippen LogP contribution is -2.02. The minimum Gasteiger partial charge on any atom is -0.463 e. The number of unbranched alkanes of at least 4 members (excludes halogenated alkanes) is 5. The Balaban J connectivity index is 3.31. The van der Waals surface area contributed by atoms with Crippen molar-refractivity contribution in [2.24, 2.45) is 0 Å². The molecule has 0 aromatic carbocycles. The molecule has 3 heteroatoms. The van der Waals surface area contributed by atoms with E-state index in [1.54, 1.807) is 0 Å². The second kappa shape index (κ2) is 10.4. The largest absolute Gasteiger partial charge is 0.463 e. The molecule has 0 radical (unpaired) electrons. The molecule has 0 rings (SSSR count). The third kappa shape index (κ3) is 11.0. The van der Waals surface area contributed by atoms with Crippen molar-refractivity contribution in [2.75, 3.05) is 6.61 Å². The topological polar surface area (TPSA) is 43.4 Å². The highest BCUT2D eigenvalue weighted by Gasteiger charge is 1.97. The molecule has 0 unspecified atom stereocenters. The Labute approximate surface area is 97.9 Å². The first-order chi connectivity index (χ1) is 7.66. The van der Waals surface area contributed by atoms with Crippen LogP contribution in [-0.4, -0.2) is 18.4 Å². The first kappa shape index (κ1) is 14.9. The fourth-order valence-electron chi connectivity index (χ4n) is 1.29. The fourth-order valence-corrected chi connectivity index (χ4v) is 1.29. The van der Waals surface area contributed by atoms with Crippen LogP contribution in [0.3, 0.4) is 0 Å². The van der Waals surface area contributed by atoms with E-state index in [-0.39, 0.29) is 5.78 Å². The van der Waals surface area contributed by atoms with Gasteiger partial charge in [-0.25, -0.2) is 4.79 Å². The van der Waals surface area contributed by atoms with Gasteiger partial charge in [0.1, 0.15) is 0 Å². The first-order valence-corrected chi connectivity index (χ1v) is 6.02. The third-order valence-electron chi connectivity index (χ3n) is 2.20. The molecule has 0 aromatic rings. The Kier molecular flexibility index (Phi) is 9.67. The van der Waals surface area contributed by atoms with Gasteiger partial charge in [-0.2, -0.15) is 0 Å². The molecule has 0 bridgehead atoms. The zero-order chi connectivity index (χ0) is 12.2. The summed E-state index contributed by atoms with van der Waals surface area (Å²) < 4.78 is 4.92. The predicted molar refractivity (Wildman–Crippen MR) is 64.2 cm³/mol. The summed E-state index contributed by atoms with van der Waals surface area (Å²) in [6.07, 6.45) is 9.39. The van der Waals surface area contributed by atoms with Gasteiger partial charge in [0.2, 0.25) is 0 Å². The Hall–Kier alpha value is -1.12. The van der Waals surface area contributed by atoms with Gasteiger partial charge in [0.05, 0.1) is 6.61 Å². The summed E-state index contributed by atoms with van der Waals surface area (Å²) >= 11 is 0. The Morgan fingerprint density at radius 2 is 1.62 bits per heavy atom. The van der Waals surface area contributed by atoms with Crippen LogP contribution in [0.5, 0.6) is 0 Å².